The monoisotopic (exact) mass is 294 g/mol. The zero-order valence-corrected chi connectivity index (χ0v) is 11.3. The van der Waals surface area contributed by atoms with Gasteiger partial charge in [0.2, 0.25) is 5.82 Å². The van der Waals surface area contributed by atoms with Crippen molar-refractivity contribution in [3.63, 3.8) is 0 Å². The molecule has 2 rings (SSSR count). The number of aliphatic hydroxyl groups is 1. The van der Waals surface area contributed by atoms with E-state index in [9.17, 15) is 8.78 Å². The van der Waals surface area contributed by atoms with Gasteiger partial charge in [0.05, 0.1) is 6.61 Å². The molecule has 0 atom stereocenters. The highest BCUT2D eigenvalue weighted by Gasteiger charge is 2.09. The van der Waals surface area contributed by atoms with Crippen molar-refractivity contribution in [1.29, 1.82) is 0 Å². The third-order valence-electron chi connectivity index (χ3n) is 2.41. The highest BCUT2D eigenvalue weighted by Crippen LogP contribution is 2.22. The molecule has 2 nitrogen and oxygen atoms in total. The van der Waals surface area contributed by atoms with E-state index in [1.54, 1.807) is 0 Å². The Kier molecular flexibility index (Phi) is 5.10. The molecule has 1 N–H and O–H groups in total. The minimum Gasteiger partial charge on any atom is -0.485 e. The van der Waals surface area contributed by atoms with Crippen LogP contribution in [-0.2, 0) is 6.61 Å². The molecule has 1 aromatic carbocycles. The number of thiophene rings is 1. The first-order valence-electron chi connectivity index (χ1n) is 5.94. The molecule has 0 spiro atoms. The molecule has 0 radical (unpaired) electrons. The van der Waals surface area contributed by atoms with Gasteiger partial charge >= 0.3 is 0 Å². The van der Waals surface area contributed by atoms with Crippen LogP contribution in [0.2, 0.25) is 0 Å². The summed E-state index contributed by atoms with van der Waals surface area (Å²) in [5, 5.41) is 10.5. The van der Waals surface area contributed by atoms with Crippen LogP contribution in [0.3, 0.4) is 0 Å². The summed E-state index contributed by atoms with van der Waals surface area (Å²) in [6.45, 7) is 0.193. The Hall–Kier alpha value is -1.90. The Bertz CT molecular complexity index is 641. The molecule has 1 aromatic heterocycles. The maximum Gasteiger partial charge on any atom is 0.200 e. The van der Waals surface area contributed by atoms with Crippen molar-refractivity contribution in [2.24, 2.45) is 0 Å². The Labute approximate surface area is 119 Å². The zero-order valence-electron chi connectivity index (χ0n) is 10.5. The summed E-state index contributed by atoms with van der Waals surface area (Å²) in [6.07, 6.45) is 0.427. The van der Waals surface area contributed by atoms with E-state index in [-0.39, 0.29) is 19.0 Å². The standard InChI is InChI=1S/C15H12F2O2S/c16-13-5-3-6-14(15(13)17)19-9-12-8-11(10-20-12)4-1-2-7-18/h3,5-6,8,10,18H,2,7,9H2. The molecule has 0 aliphatic rings. The van der Waals surface area contributed by atoms with E-state index in [0.717, 1.165) is 16.5 Å². The lowest BCUT2D eigenvalue weighted by Gasteiger charge is -2.05. The summed E-state index contributed by atoms with van der Waals surface area (Å²) in [5.74, 6) is 3.70. The van der Waals surface area contributed by atoms with Gasteiger partial charge in [-0.25, -0.2) is 4.39 Å². The Morgan fingerprint density at radius 3 is 2.95 bits per heavy atom. The average molecular weight is 294 g/mol. The van der Waals surface area contributed by atoms with E-state index in [1.807, 2.05) is 11.4 Å². The van der Waals surface area contributed by atoms with Gasteiger partial charge in [0.15, 0.2) is 11.6 Å². The normalized spacial score (nSPS) is 9.95. The SMILES string of the molecule is OCCC#Cc1csc(COc2cccc(F)c2F)c1. The molecule has 0 aliphatic heterocycles. The van der Waals surface area contributed by atoms with Crippen LogP contribution >= 0.6 is 11.3 Å². The van der Waals surface area contributed by atoms with Crippen molar-refractivity contribution >= 4 is 11.3 Å². The van der Waals surface area contributed by atoms with Crippen LogP contribution < -0.4 is 4.74 Å². The quantitative estimate of drug-likeness (QED) is 0.876. The van der Waals surface area contributed by atoms with E-state index >= 15 is 0 Å². The van der Waals surface area contributed by atoms with Crippen LogP contribution in [0.15, 0.2) is 29.6 Å². The van der Waals surface area contributed by atoms with E-state index in [4.69, 9.17) is 9.84 Å². The van der Waals surface area contributed by atoms with E-state index in [1.165, 1.54) is 23.5 Å². The number of hydrogen-bond donors (Lipinski definition) is 1. The highest BCUT2D eigenvalue weighted by molar-refractivity contribution is 7.10. The van der Waals surface area contributed by atoms with Crippen molar-refractivity contribution in [2.45, 2.75) is 13.0 Å². The molecule has 0 saturated carbocycles. The summed E-state index contributed by atoms with van der Waals surface area (Å²) in [4.78, 5) is 0.863. The Morgan fingerprint density at radius 2 is 2.15 bits per heavy atom. The number of benzene rings is 1. The molecule has 1 heterocycles. The minimum atomic E-state index is -0.980. The molecular weight excluding hydrogens is 282 g/mol. The summed E-state index contributed by atoms with van der Waals surface area (Å²) in [6, 6.07) is 5.65. The highest BCUT2D eigenvalue weighted by atomic mass is 32.1. The fraction of sp³-hybridized carbons (Fsp3) is 0.200. The fourth-order valence-corrected chi connectivity index (χ4v) is 2.21. The number of ether oxygens (including phenoxy) is 1. The molecule has 20 heavy (non-hydrogen) atoms. The lowest BCUT2D eigenvalue weighted by molar-refractivity contribution is 0.287. The van der Waals surface area contributed by atoms with Crippen LogP contribution in [0, 0.1) is 23.5 Å². The molecular formula is C15H12F2O2S. The molecule has 104 valence electrons. The summed E-state index contributed by atoms with van der Waals surface area (Å²) in [5.41, 5.74) is 0.821. The lowest BCUT2D eigenvalue weighted by Crippen LogP contribution is -1.97. The van der Waals surface area contributed by atoms with Gasteiger partial charge in [-0.2, -0.15) is 4.39 Å². The van der Waals surface area contributed by atoms with Gasteiger partial charge in [0.25, 0.3) is 0 Å². The lowest BCUT2D eigenvalue weighted by atomic mass is 10.3. The van der Waals surface area contributed by atoms with E-state index < -0.39 is 11.6 Å². The maximum absolute atomic E-state index is 13.4. The van der Waals surface area contributed by atoms with Gasteiger partial charge in [-0.15, -0.1) is 11.3 Å². The zero-order chi connectivity index (χ0) is 14.4. The maximum atomic E-state index is 13.4. The second-order valence-corrected chi connectivity index (χ2v) is 4.91. The van der Waals surface area contributed by atoms with Crippen LogP contribution in [0.1, 0.15) is 16.9 Å². The molecule has 2 aromatic rings. The van der Waals surface area contributed by atoms with Gasteiger partial charge in [-0.3, -0.25) is 0 Å². The van der Waals surface area contributed by atoms with Gasteiger partial charge in [0, 0.05) is 22.2 Å². The molecule has 0 unspecified atom stereocenters. The Balaban J connectivity index is 1.98. The minimum absolute atomic E-state index is 0.0337. The molecule has 0 amide bonds. The molecule has 5 heteroatoms. The number of rotatable bonds is 4. The van der Waals surface area contributed by atoms with Crippen molar-refractivity contribution in [3.8, 4) is 17.6 Å². The topological polar surface area (TPSA) is 29.5 Å². The third kappa shape index (κ3) is 3.80. The predicted octanol–water partition coefficient (Wildman–Crippen LogP) is 3.34. The first-order valence-corrected chi connectivity index (χ1v) is 6.82. The fourth-order valence-electron chi connectivity index (χ4n) is 1.49. The van der Waals surface area contributed by atoms with Crippen LogP contribution in [-0.4, -0.2) is 11.7 Å². The first-order chi connectivity index (χ1) is 9.70. The van der Waals surface area contributed by atoms with Crippen molar-refractivity contribution in [3.05, 3.63) is 51.7 Å². The van der Waals surface area contributed by atoms with Gasteiger partial charge in [0.1, 0.15) is 6.61 Å². The summed E-state index contributed by atoms with van der Waals surface area (Å²) >= 11 is 1.43. The molecule has 0 bridgehead atoms. The van der Waals surface area contributed by atoms with E-state index in [2.05, 4.69) is 11.8 Å². The average Bonchev–Trinajstić information content (AvgIpc) is 2.89. The van der Waals surface area contributed by atoms with Crippen LogP contribution in [0.25, 0.3) is 0 Å². The van der Waals surface area contributed by atoms with Crippen LogP contribution in [0.4, 0.5) is 8.78 Å². The molecule has 0 fully saturated rings. The predicted molar refractivity (Wildman–Crippen MR) is 73.6 cm³/mol. The summed E-state index contributed by atoms with van der Waals surface area (Å²) < 4.78 is 31.6. The third-order valence-corrected chi connectivity index (χ3v) is 3.32. The van der Waals surface area contributed by atoms with Gasteiger partial charge < -0.3 is 9.84 Å². The van der Waals surface area contributed by atoms with Crippen molar-refractivity contribution in [2.75, 3.05) is 6.61 Å². The smallest absolute Gasteiger partial charge is 0.200 e. The number of aliphatic hydroxyl groups excluding tert-OH is 1. The first kappa shape index (κ1) is 14.5. The van der Waals surface area contributed by atoms with Crippen LogP contribution in [0.5, 0.6) is 5.75 Å². The van der Waals surface area contributed by atoms with Crippen molar-refractivity contribution in [1.82, 2.24) is 0 Å². The Morgan fingerprint density at radius 1 is 1.30 bits per heavy atom. The number of hydrogen-bond acceptors (Lipinski definition) is 3. The second-order valence-electron chi connectivity index (χ2n) is 3.92. The second kappa shape index (κ2) is 7.04. The van der Waals surface area contributed by atoms with Crippen molar-refractivity contribution < 1.29 is 18.6 Å². The van der Waals surface area contributed by atoms with E-state index in [0.29, 0.717) is 6.42 Å². The van der Waals surface area contributed by atoms with Gasteiger partial charge in [-0.1, -0.05) is 17.9 Å². The largest absolute Gasteiger partial charge is 0.485 e. The molecule has 0 saturated heterocycles. The van der Waals surface area contributed by atoms with Gasteiger partial charge in [-0.05, 0) is 18.2 Å². The molecule has 0 aliphatic carbocycles. The summed E-state index contributed by atoms with van der Waals surface area (Å²) in [7, 11) is 0. The number of halogens is 2.